The van der Waals surface area contributed by atoms with Gasteiger partial charge in [-0.05, 0) is 13.5 Å². The van der Waals surface area contributed by atoms with Gasteiger partial charge in [0, 0.05) is 26.1 Å². The van der Waals surface area contributed by atoms with Gasteiger partial charge in [0.2, 0.25) is 5.91 Å². The van der Waals surface area contributed by atoms with E-state index < -0.39 is 39.8 Å². The van der Waals surface area contributed by atoms with Gasteiger partial charge in [-0.25, -0.2) is 8.42 Å². The number of esters is 1. The summed E-state index contributed by atoms with van der Waals surface area (Å²) in [7, 11) is -3.50. The van der Waals surface area contributed by atoms with Crippen LogP contribution in [0.1, 0.15) is 77.6 Å². The summed E-state index contributed by atoms with van der Waals surface area (Å²) < 4.78 is 37.4. The molecule has 0 aromatic rings. The molecule has 0 aliphatic heterocycles. The van der Waals surface area contributed by atoms with Crippen molar-refractivity contribution in [3.8, 4) is 0 Å². The van der Waals surface area contributed by atoms with Gasteiger partial charge in [0.25, 0.3) is 0 Å². The summed E-state index contributed by atoms with van der Waals surface area (Å²) >= 11 is 0. The van der Waals surface area contributed by atoms with Crippen molar-refractivity contribution in [1.82, 2.24) is 9.80 Å². The molecule has 0 saturated heterocycles. The molecule has 0 spiro atoms. The largest absolute Gasteiger partial charge is 1.00 e. The van der Waals surface area contributed by atoms with Gasteiger partial charge < -0.3 is 39.2 Å². The summed E-state index contributed by atoms with van der Waals surface area (Å²) in [6, 6.07) is 0. The van der Waals surface area contributed by atoms with Crippen LogP contribution >= 0.6 is 0 Å². The number of aliphatic hydroxyl groups is 2. The van der Waals surface area contributed by atoms with Crippen LogP contribution < -0.4 is 64.2 Å². The molecular formula is C24H44N2Na2O10S. The van der Waals surface area contributed by atoms with E-state index in [0.29, 0.717) is 19.5 Å². The van der Waals surface area contributed by atoms with Gasteiger partial charge in [0.05, 0.1) is 36.9 Å². The van der Waals surface area contributed by atoms with Crippen molar-refractivity contribution < 1.29 is 107 Å². The Hall–Kier alpha value is 0.200. The normalized spacial score (nSPS) is 12.7. The van der Waals surface area contributed by atoms with Crippen LogP contribution in [0, 0.1) is 0 Å². The minimum absolute atomic E-state index is 0. The molecule has 1 amide bonds. The fourth-order valence-electron chi connectivity index (χ4n) is 3.77. The van der Waals surface area contributed by atoms with Crippen LogP contribution in [-0.4, -0.2) is 109 Å². The molecule has 12 nitrogen and oxygen atoms in total. The zero-order valence-corrected chi connectivity index (χ0v) is 29.0. The topological polar surface area (TPSA) is 188 Å². The second-order valence-corrected chi connectivity index (χ2v) is 10.8. The Bertz CT molecular complexity index is 774. The van der Waals surface area contributed by atoms with Gasteiger partial charge in [0.15, 0.2) is 0 Å². The van der Waals surface area contributed by atoms with E-state index in [1.807, 2.05) is 4.90 Å². The van der Waals surface area contributed by atoms with Gasteiger partial charge in [-0.15, -0.1) is 0 Å². The molecule has 0 rings (SSSR count). The summed E-state index contributed by atoms with van der Waals surface area (Å²) in [4.78, 5) is 38.1. The predicted molar refractivity (Wildman–Crippen MR) is 133 cm³/mol. The van der Waals surface area contributed by atoms with Crippen molar-refractivity contribution in [2.24, 2.45) is 0 Å². The molecule has 0 aromatic heterocycles. The molecule has 218 valence electrons. The maximum Gasteiger partial charge on any atom is 1.00 e. The predicted octanol–water partition coefficient (Wildman–Crippen LogP) is -6.37. The van der Waals surface area contributed by atoms with Gasteiger partial charge in [-0.2, -0.15) is 0 Å². The number of carboxylic acid groups (broad SMARTS) is 1. The molecule has 0 aliphatic rings. The Morgan fingerprint density at radius 1 is 0.949 bits per heavy atom. The molecule has 2 unspecified atom stereocenters. The van der Waals surface area contributed by atoms with Crippen molar-refractivity contribution >= 4 is 28.0 Å². The van der Waals surface area contributed by atoms with Crippen molar-refractivity contribution in [2.75, 3.05) is 46.4 Å². The molecule has 15 heteroatoms. The monoisotopic (exact) mass is 598 g/mol. The van der Waals surface area contributed by atoms with Gasteiger partial charge in [-0.1, -0.05) is 58.3 Å². The molecule has 2 N–H and O–H groups in total. The Kier molecular flexibility index (Phi) is 29.0. The number of hydrogen-bond acceptors (Lipinski definition) is 11. The van der Waals surface area contributed by atoms with Crippen molar-refractivity contribution in [3.05, 3.63) is 0 Å². The van der Waals surface area contributed by atoms with Crippen LogP contribution in [0.25, 0.3) is 0 Å². The van der Waals surface area contributed by atoms with E-state index in [0.717, 1.165) is 12.8 Å². The van der Waals surface area contributed by atoms with E-state index in [1.165, 1.54) is 43.4 Å². The molecule has 0 heterocycles. The Morgan fingerprint density at radius 2 is 1.51 bits per heavy atom. The second-order valence-electron chi connectivity index (χ2n) is 9.26. The number of likely N-dealkylation sites (N-methyl/N-ethyl adjacent to an activating group) is 1. The van der Waals surface area contributed by atoms with Gasteiger partial charge in [-0.3, -0.25) is 9.59 Å². The first kappa shape index (κ1) is 43.7. The molecule has 2 atom stereocenters. The Balaban J connectivity index is -0.00000648. The first-order valence-electron chi connectivity index (χ1n) is 13.0. The molecule has 0 radical (unpaired) electrons. The number of carbonyl (C=O) groups is 3. The first-order valence-corrected chi connectivity index (χ1v) is 14.5. The maximum atomic E-state index is 12.5. The van der Waals surface area contributed by atoms with Gasteiger partial charge in [0.1, 0.15) is 16.7 Å². The summed E-state index contributed by atoms with van der Waals surface area (Å²) in [5.41, 5.74) is 0. The zero-order chi connectivity index (χ0) is 28.3. The van der Waals surface area contributed by atoms with E-state index in [1.54, 1.807) is 7.05 Å². The first-order chi connectivity index (χ1) is 17.4. The average molecular weight is 599 g/mol. The van der Waals surface area contributed by atoms with Crippen LogP contribution in [0.2, 0.25) is 0 Å². The summed E-state index contributed by atoms with van der Waals surface area (Å²) in [5.74, 6) is -3.77. The molecule has 0 bridgehead atoms. The number of amides is 1. The van der Waals surface area contributed by atoms with E-state index in [4.69, 9.17) is 4.74 Å². The fourth-order valence-corrected chi connectivity index (χ4v) is 4.34. The standard InChI is InChI=1S/C24H46N2O10S.2Na/c1-3-4-5-6-7-8-9-10-11-20(28)19-25(2)13-12-22(29)26(14-16-27)15-17-36-23(30)18-21(24(31)32)37(33,34)35;;/h20-21,27-28H,3-19H2,1-2H3,(H,31,32)(H,33,34,35);;/q;2*+1/p-2. The van der Waals surface area contributed by atoms with Crippen LogP contribution in [0.15, 0.2) is 0 Å². The van der Waals surface area contributed by atoms with E-state index in [-0.39, 0.29) is 97.7 Å². The van der Waals surface area contributed by atoms with Crippen LogP contribution in [-0.2, 0) is 29.2 Å². The third-order valence-electron chi connectivity index (χ3n) is 5.93. The van der Waals surface area contributed by atoms with E-state index in [9.17, 15) is 42.7 Å². The van der Waals surface area contributed by atoms with Crippen molar-refractivity contribution in [2.45, 2.75) is 88.9 Å². The quantitative estimate of drug-likeness (QED) is 0.0493. The minimum atomic E-state index is -5.29. The van der Waals surface area contributed by atoms with Gasteiger partial charge >= 0.3 is 65.1 Å². The Morgan fingerprint density at radius 3 is 2.03 bits per heavy atom. The maximum absolute atomic E-state index is 12.5. The zero-order valence-electron chi connectivity index (χ0n) is 24.1. The third-order valence-corrected chi connectivity index (χ3v) is 6.99. The number of hydrogen-bond donors (Lipinski definition) is 2. The summed E-state index contributed by atoms with van der Waals surface area (Å²) in [6.07, 6.45) is 8.60. The Labute approximate surface area is 277 Å². The summed E-state index contributed by atoms with van der Waals surface area (Å²) in [6.45, 7) is 2.11. The number of carboxylic acids is 1. The SMILES string of the molecule is CCCCCCCCCCC(O)CN(C)CCC(=O)N(CCO)CCOC(=O)CC(C(=O)[O-])S(=O)(=O)[O-].[Na+].[Na+]. The minimum Gasteiger partial charge on any atom is -0.747 e. The van der Waals surface area contributed by atoms with Crippen molar-refractivity contribution in [1.29, 1.82) is 0 Å². The molecule has 0 aliphatic carbocycles. The molecule has 0 aromatic carbocycles. The third kappa shape index (κ3) is 23.5. The van der Waals surface area contributed by atoms with Crippen molar-refractivity contribution in [3.63, 3.8) is 0 Å². The second kappa shape index (κ2) is 25.9. The summed E-state index contributed by atoms with van der Waals surface area (Å²) in [5, 5.41) is 27.7. The van der Waals surface area contributed by atoms with E-state index >= 15 is 0 Å². The molecular weight excluding hydrogens is 554 g/mol. The number of aliphatic carboxylic acids is 1. The number of aliphatic hydroxyl groups excluding tert-OH is 2. The number of unbranched alkanes of at least 4 members (excludes halogenated alkanes) is 7. The molecule has 0 saturated carbocycles. The van der Waals surface area contributed by atoms with E-state index in [2.05, 4.69) is 6.92 Å². The number of rotatable bonds is 23. The van der Waals surface area contributed by atoms with Crippen LogP contribution in [0.5, 0.6) is 0 Å². The number of ether oxygens (including phenoxy) is 1. The molecule has 39 heavy (non-hydrogen) atoms. The van der Waals surface area contributed by atoms with Crippen LogP contribution in [0.3, 0.4) is 0 Å². The number of nitrogens with zero attached hydrogens (tertiary/aromatic N) is 2. The number of carbonyl (C=O) groups excluding carboxylic acids is 3. The fraction of sp³-hybridized carbons (Fsp3) is 0.875. The smallest absolute Gasteiger partial charge is 0.747 e. The molecule has 0 fully saturated rings. The van der Waals surface area contributed by atoms with Crippen LogP contribution in [0.4, 0.5) is 0 Å². The average Bonchev–Trinajstić information content (AvgIpc) is 2.81.